The summed E-state index contributed by atoms with van der Waals surface area (Å²) in [6, 6.07) is 7.85. The normalized spacial score (nSPS) is 9.21. The van der Waals surface area contributed by atoms with Crippen LogP contribution in [0.3, 0.4) is 0 Å². The van der Waals surface area contributed by atoms with Crippen LogP contribution in [0, 0.1) is 6.92 Å². The SMILES string of the molecule is CC(=O)O.Cc1ccc(C(Cl)Cl)cc1. The zero-order chi connectivity index (χ0) is 11.1. The average Bonchev–Trinajstić information content (AvgIpc) is 2.03. The third-order valence-electron chi connectivity index (χ3n) is 1.33. The fourth-order valence-corrected chi connectivity index (χ4v) is 1.00. The minimum Gasteiger partial charge on any atom is -0.481 e. The molecule has 0 spiro atoms. The van der Waals surface area contributed by atoms with E-state index in [0.29, 0.717) is 0 Å². The molecule has 0 saturated carbocycles. The lowest BCUT2D eigenvalue weighted by atomic mass is 10.2. The summed E-state index contributed by atoms with van der Waals surface area (Å²) in [6.07, 6.45) is 0. The molecular formula is C10H12Cl2O2. The highest BCUT2D eigenvalue weighted by Crippen LogP contribution is 2.24. The quantitative estimate of drug-likeness (QED) is 0.755. The highest BCUT2D eigenvalue weighted by molar-refractivity contribution is 6.44. The molecule has 0 bridgehead atoms. The summed E-state index contributed by atoms with van der Waals surface area (Å²) in [6.45, 7) is 3.11. The first-order valence-corrected chi connectivity index (χ1v) is 4.85. The lowest BCUT2D eigenvalue weighted by Gasteiger charge is -1.99. The van der Waals surface area contributed by atoms with E-state index >= 15 is 0 Å². The zero-order valence-corrected chi connectivity index (χ0v) is 9.51. The molecule has 1 rings (SSSR count). The maximum atomic E-state index is 9.00. The summed E-state index contributed by atoms with van der Waals surface area (Å²) >= 11 is 11.2. The van der Waals surface area contributed by atoms with Gasteiger partial charge in [0.2, 0.25) is 0 Å². The number of benzene rings is 1. The van der Waals surface area contributed by atoms with E-state index in [1.54, 1.807) is 0 Å². The smallest absolute Gasteiger partial charge is 0.300 e. The van der Waals surface area contributed by atoms with Crippen LogP contribution in [0.4, 0.5) is 0 Å². The molecule has 1 aromatic rings. The highest BCUT2D eigenvalue weighted by atomic mass is 35.5. The van der Waals surface area contributed by atoms with Crippen molar-refractivity contribution < 1.29 is 9.90 Å². The van der Waals surface area contributed by atoms with Gasteiger partial charge in [-0.05, 0) is 12.5 Å². The van der Waals surface area contributed by atoms with E-state index < -0.39 is 10.8 Å². The van der Waals surface area contributed by atoms with Crippen LogP contribution in [-0.4, -0.2) is 11.1 Å². The molecule has 78 valence electrons. The third kappa shape index (κ3) is 6.75. The number of carboxylic acids is 1. The Morgan fingerprint density at radius 2 is 1.64 bits per heavy atom. The standard InChI is InChI=1S/C8H8Cl2.C2H4O2/c1-6-2-4-7(5-3-6)8(9)10;1-2(3)4/h2-5,8H,1H3;1H3,(H,3,4). The molecule has 0 saturated heterocycles. The van der Waals surface area contributed by atoms with Gasteiger partial charge in [0.25, 0.3) is 5.97 Å². The molecule has 0 radical (unpaired) electrons. The fourth-order valence-electron chi connectivity index (χ4n) is 0.712. The van der Waals surface area contributed by atoms with Gasteiger partial charge < -0.3 is 5.11 Å². The van der Waals surface area contributed by atoms with Crippen molar-refractivity contribution in [2.45, 2.75) is 18.7 Å². The Kier molecular flexibility index (Phi) is 6.34. The number of aliphatic carboxylic acids is 1. The monoisotopic (exact) mass is 234 g/mol. The van der Waals surface area contributed by atoms with Crippen LogP contribution in [0.5, 0.6) is 0 Å². The summed E-state index contributed by atoms with van der Waals surface area (Å²) in [4.78, 5) is 8.60. The van der Waals surface area contributed by atoms with E-state index in [4.69, 9.17) is 33.1 Å². The van der Waals surface area contributed by atoms with Crippen molar-refractivity contribution in [2.75, 3.05) is 0 Å². The van der Waals surface area contributed by atoms with Crippen LogP contribution >= 0.6 is 23.2 Å². The average molecular weight is 235 g/mol. The minimum atomic E-state index is -0.833. The Labute approximate surface area is 93.5 Å². The van der Waals surface area contributed by atoms with Gasteiger partial charge in [-0.1, -0.05) is 29.8 Å². The van der Waals surface area contributed by atoms with Crippen molar-refractivity contribution >= 4 is 29.2 Å². The number of aryl methyl sites for hydroxylation is 1. The molecule has 1 aromatic carbocycles. The molecule has 0 fully saturated rings. The van der Waals surface area contributed by atoms with Crippen molar-refractivity contribution in [3.8, 4) is 0 Å². The van der Waals surface area contributed by atoms with Crippen LogP contribution in [0.15, 0.2) is 24.3 Å². The van der Waals surface area contributed by atoms with E-state index in [9.17, 15) is 0 Å². The summed E-state index contributed by atoms with van der Waals surface area (Å²) < 4.78 is 0. The number of carboxylic acid groups (broad SMARTS) is 1. The van der Waals surface area contributed by atoms with Crippen molar-refractivity contribution in [1.82, 2.24) is 0 Å². The van der Waals surface area contributed by atoms with E-state index in [1.807, 2.05) is 31.2 Å². The second kappa shape index (κ2) is 6.68. The molecule has 0 amide bonds. The summed E-state index contributed by atoms with van der Waals surface area (Å²) in [5, 5.41) is 7.42. The third-order valence-corrected chi connectivity index (χ3v) is 1.83. The number of carbonyl (C=O) groups is 1. The van der Waals surface area contributed by atoms with Gasteiger partial charge >= 0.3 is 0 Å². The van der Waals surface area contributed by atoms with Crippen LogP contribution in [0.25, 0.3) is 0 Å². The van der Waals surface area contributed by atoms with Gasteiger partial charge in [0.05, 0.1) is 0 Å². The number of hydrogen-bond donors (Lipinski definition) is 1. The van der Waals surface area contributed by atoms with Gasteiger partial charge in [-0.15, -0.1) is 23.2 Å². The number of hydrogen-bond acceptors (Lipinski definition) is 1. The first kappa shape index (κ1) is 13.3. The van der Waals surface area contributed by atoms with Crippen molar-refractivity contribution in [3.05, 3.63) is 35.4 Å². The molecule has 0 aliphatic rings. The second-order valence-corrected chi connectivity index (χ2v) is 3.83. The second-order valence-electron chi connectivity index (χ2n) is 2.73. The van der Waals surface area contributed by atoms with Crippen LogP contribution in [-0.2, 0) is 4.79 Å². The number of halogens is 2. The molecule has 2 nitrogen and oxygen atoms in total. The lowest BCUT2D eigenvalue weighted by Crippen LogP contribution is -1.80. The molecule has 0 aliphatic heterocycles. The Hall–Kier alpha value is -0.730. The summed E-state index contributed by atoms with van der Waals surface area (Å²) in [5.41, 5.74) is 2.17. The zero-order valence-electron chi connectivity index (χ0n) is 8.00. The lowest BCUT2D eigenvalue weighted by molar-refractivity contribution is -0.134. The topological polar surface area (TPSA) is 37.3 Å². The van der Waals surface area contributed by atoms with Crippen LogP contribution < -0.4 is 0 Å². The minimum absolute atomic E-state index is 0.402. The van der Waals surface area contributed by atoms with Crippen molar-refractivity contribution in [2.24, 2.45) is 0 Å². The molecule has 4 heteroatoms. The molecule has 0 heterocycles. The van der Waals surface area contributed by atoms with Gasteiger partial charge in [-0.25, -0.2) is 0 Å². The largest absolute Gasteiger partial charge is 0.481 e. The molecular weight excluding hydrogens is 223 g/mol. The van der Waals surface area contributed by atoms with Crippen LogP contribution in [0.2, 0.25) is 0 Å². The van der Waals surface area contributed by atoms with Crippen LogP contribution in [0.1, 0.15) is 22.9 Å². The van der Waals surface area contributed by atoms with Gasteiger partial charge in [0.15, 0.2) is 0 Å². The fraction of sp³-hybridized carbons (Fsp3) is 0.300. The van der Waals surface area contributed by atoms with E-state index in [2.05, 4.69) is 0 Å². The molecule has 0 aromatic heterocycles. The maximum absolute atomic E-state index is 9.00. The van der Waals surface area contributed by atoms with E-state index in [1.165, 1.54) is 5.56 Å². The Balaban J connectivity index is 0.000000364. The Morgan fingerprint density at radius 3 is 1.93 bits per heavy atom. The van der Waals surface area contributed by atoms with Crippen molar-refractivity contribution in [3.63, 3.8) is 0 Å². The Bertz CT molecular complexity index is 277. The van der Waals surface area contributed by atoms with Gasteiger partial charge in [-0.2, -0.15) is 0 Å². The molecule has 1 N–H and O–H groups in total. The molecule has 0 unspecified atom stereocenters. The summed E-state index contributed by atoms with van der Waals surface area (Å²) in [5.74, 6) is -0.833. The first-order valence-electron chi connectivity index (χ1n) is 3.97. The Morgan fingerprint density at radius 1 is 1.29 bits per heavy atom. The number of rotatable bonds is 1. The van der Waals surface area contributed by atoms with E-state index in [0.717, 1.165) is 12.5 Å². The maximum Gasteiger partial charge on any atom is 0.300 e. The number of alkyl halides is 2. The molecule has 0 atom stereocenters. The molecule has 14 heavy (non-hydrogen) atoms. The van der Waals surface area contributed by atoms with Gasteiger partial charge in [0, 0.05) is 6.92 Å². The highest BCUT2D eigenvalue weighted by Gasteiger charge is 2.00. The summed E-state index contributed by atoms with van der Waals surface area (Å²) in [7, 11) is 0. The van der Waals surface area contributed by atoms with Gasteiger partial charge in [-0.3, -0.25) is 4.79 Å². The first-order chi connectivity index (χ1) is 6.43. The van der Waals surface area contributed by atoms with Crippen molar-refractivity contribution in [1.29, 1.82) is 0 Å². The molecule has 0 aliphatic carbocycles. The predicted molar refractivity (Wildman–Crippen MR) is 58.9 cm³/mol. The van der Waals surface area contributed by atoms with E-state index in [-0.39, 0.29) is 0 Å². The van der Waals surface area contributed by atoms with Gasteiger partial charge in [0.1, 0.15) is 4.84 Å². The predicted octanol–water partition coefficient (Wildman–Crippen LogP) is 3.56.